The molecule has 0 aliphatic rings. The summed E-state index contributed by atoms with van der Waals surface area (Å²) in [7, 11) is 0. The zero-order chi connectivity index (χ0) is 14.7. The van der Waals surface area contributed by atoms with Gasteiger partial charge in [0.2, 0.25) is 0 Å². The van der Waals surface area contributed by atoms with Crippen LogP contribution in [0.1, 0.15) is 18.7 Å². The second-order valence-corrected chi connectivity index (χ2v) is 5.83. The Morgan fingerprint density at radius 2 is 2.15 bits per heavy atom. The maximum Gasteiger partial charge on any atom is 0.271 e. The van der Waals surface area contributed by atoms with Crippen molar-refractivity contribution in [1.82, 2.24) is 0 Å². The van der Waals surface area contributed by atoms with Crippen molar-refractivity contribution in [2.75, 3.05) is 10.6 Å². The molecule has 2 N–H and O–H groups in total. The highest BCUT2D eigenvalue weighted by Gasteiger charge is 2.17. The Hall–Kier alpha value is -2.08. The van der Waals surface area contributed by atoms with Gasteiger partial charge < -0.3 is 10.6 Å². The predicted octanol–water partition coefficient (Wildman–Crippen LogP) is 3.65. The van der Waals surface area contributed by atoms with Crippen LogP contribution in [0.15, 0.2) is 35.7 Å². The van der Waals surface area contributed by atoms with Gasteiger partial charge in [-0.1, -0.05) is 6.07 Å². The van der Waals surface area contributed by atoms with E-state index in [0.29, 0.717) is 5.69 Å². The summed E-state index contributed by atoms with van der Waals surface area (Å²) in [6, 6.07) is 8.97. The number of anilines is 2. The molecule has 0 saturated heterocycles. The normalized spacial score (nSPS) is 10.8. The Morgan fingerprint density at radius 1 is 1.40 bits per heavy atom. The van der Waals surface area contributed by atoms with E-state index in [1.54, 1.807) is 17.4 Å². The summed E-state index contributed by atoms with van der Waals surface area (Å²) in [5, 5.41) is 12.8. The van der Waals surface area contributed by atoms with Crippen molar-refractivity contribution in [2.45, 2.75) is 26.4 Å². The number of nitro benzene ring substituents is 1. The Morgan fingerprint density at radius 3 is 2.65 bits per heavy atom. The molecule has 0 aliphatic carbocycles. The van der Waals surface area contributed by atoms with Gasteiger partial charge in [0.15, 0.2) is 0 Å². The van der Waals surface area contributed by atoms with Gasteiger partial charge in [0, 0.05) is 23.1 Å². The third-order valence-corrected chi connectivity index (χ3v) is 3.92. The molecule has 0 atom stereocenters. The molecule has 1 heterocycles. The molecule has 0 spiro atoms. The molecule has 0 saturated carbocycles. The van der Waals surface area contributed by atoms with Crippen LogP contribution in [0.4, 0.5) is 17.1 Å². The second-order valence-electron chi connectivity index (χ2n) is 4.80. The van der Waals surface area contributed by atoms with Crippen LogP contribution in [-0.4, -0.2) is 11.0 Å². The van der Waals surface area contributed by atoms with Gasteiger partial charge in [0.05, 0.1) is 22.8 Å². The summed E-state index contributed by atoms with van der Waals surface area (Å²) in [6.45, 7) is 4.90. The fraction of sp³-hybridized carbons (Fsp3) is 0.286. The monoisotopic (exact) mass is 291 g/mol. The van der Waals surface area contributed by atoms with E-state index in [-0.39, 0.29) is 11.7 Å². The first-order valence-electron chi connectivity index (χ1n) is 6.32. The fourth-order valence-corrected chi connectivity index (χ4v) is 2.74. The number of hydrogen-bond donors (Lipinski definition) is 1. The molecule has 6 heteroatoms. The highest BCUT2D eigenvalue weighted by Crippen LogP contribution is 2.30. The number of nitrogens with two attached hydrogens (primary N) is 1. The average molecular weight is 291 g/mol. The van der Waals surface area contributed by atoms with Crippen molar-refractivity contribution < 1.29 is 4.92 Å². The van der Waals surface area contributed by atoms with Gasteiger partial charge in [-0.3, -0.25) is 10.1 Å². The van der Waals surface area contributed by atoms with E-state index in [1.165, 1.54) is 17.0 Å². The number of hydrogen-bond acceptors (Lipinski definition) is 5. The molecule has 0 fully saturated rings. The molecule has 2 aromatic rings. The van der Waals surface area contributed by atoms with E-state index in [1.807, 2.05) is 11.4 Å². The highest BCUT2D eigenvalue weighted by molar-refractivity contribution is 7.09. The summed E-state index contributed by atoms with van der Waals surface area (Å²) < 4.78 is 0. The smallest absolute Gasteiger partial charge is 0.271 e. The molecule has 106 valence electrons. The molecule has 0 radical (unpaired) electrons. The van der Waals surface area contributed by atoms with E-state index in [0.717, 1.165) is 12.2 Å². The molecule has 20 heavy (non-hydrogen) atoms. The van der Waals surface area contributed by atoms with Crippen LogP contribution in [0, 0.1) is 10.1 Å². The van der Waals surface area contributed by atoms with Gasteiger partial charge in [-0.15, -0.1) is 11.3 Å². The number of nitrogen functional groups attached to an aromatic ring is 1. The first kappa shape index (κ1) is 14.3. The average Bonchev–Trinajstić information content (AvgIpc) is 2.89. The lowest BCUT2D eigenvalue weighted by Crippen LogP contribution is -2.30. The number of non-ortho nitro benzene ring substituents is 1. The third kappa shape index (κ3) is 3.08. The van der Waals surface area contributed by atoms with E-state index >= 15 is 0 Å². The van der Waals surface area contributed by atoms with E-state index in [2.05, 4.69) is 24.8 Å². The van der Waals surface area contributed by atoms with Gasteiger partial charge in [-0.25, -0.2) is 0 Å². The molecule has 5 nitrogen and oxygen atoms in total. The minimum absolute atomic E-state index is 0.0195. The molecule has 0 bridgehead atoms. The molecule has 1 aromatic heterocycles. The minimum Gasteiger partial charge on any atom is -0.397 e. The van der Waals surface area contributed by atoms with Crippen LogP contribution < -0.4 is 10.6 Å². The van der Waals surface area contributed by atoms with Crippen molar-refractivity contribution in [3.63, 3.8) is 0 Å². The maximum absolute atomic E-state index is 10.8. The van der Waals surface area contributed by atoms with Crippen LogP contribution in [0.25, 0.3) is 0 Å². The highest BCUT2D eigenvalue weighted by atomic mass is 32.1. The first-order valence-corrected chi connectivity index (χ1v) is 7.20. The largest absolute Gasteiger partial charge is 0.397 e. The van der Waals surface area contributed by atoms with Crippen LogP contribution in [0.2, 0.25) is 0 Å². The molecular weight excluding hydrogens is 274 g/mol. The van der Waals surface area contributed by atoms with Gasteiger partial charge >= 0.3 is 0 Å². The van der Waals surface area contributed by atoms with Gasteiger partial charge in [0.25, 0.3) is 5.69 Å². The molecular formula is C14H17N3O2S. The molecule has 2 rings (SSSR count). The van der Waals surface area contributed by atoms with E-state index in [4.69, 9.17) is 5.73 Å². The minimum atomic E-state index is -0.431. The number of nitro groups is 1. The van der Waals surface area contributed by atoms with Crippen molar-refractivity contribution in [1.29, 1.82) is 0 Å². The van der Waals surface area contributed by atoms with Crippen molar-refractivity contribution in [3.05, 3.63) is 50.7 Å². The molecule has 0 aliphatic heterocycles. The zero-order valence-electron chi connectivity index (χ0n) is 11.4. The Bertz CT molecular complexity index is 596. The Kier molecular flexibility index (Phi) is 4.24. The second kappa shape index (κ2) is 5.92. The number of thiophene rings is 1. The van der Waals surface area contributed by atoms with Crippen molar-refractivity contribution in [3.8, 4) is 0 Å². The van der Waals surface area contributed by atoms with E-state index in [9.17, 15) is 10.1 Å². The van der Waals surface area contributed by atoms with Gasteiger partial charge in [-0.2, -0.15) is 0 Å². The van der Waals surface area contributed by atoms with Crippen LogP contribution in [-0.2, 0) is 6.54 Å². The van der Waals surface area contributed by atoms with Gasteiger partial charge in [-0.05, 0) is 31.4 Å². The van der Waals surface area contributed by atoms with Crippen LogP contribution in [0.5, 0.6) is 0 Å². The zero-order valence-corrected chi connectivity index (χ0v) is 12.3. The Balaban J connectivity index is 2.32. The standard InChI is InChI=1S/C14H17N3O2S/c1-10(2)16(9-12-4-3-7-20-12)14-6-5-11(17(18)19)8-13(14)15/h3-8,10H,9,15H2,1-2H3. The SMILES string of the molecule is CC(C)N(Cc1cccs1)c1ccc([N+](=O)[O-])cc1N. The van der Waals surface area contributed by atoms with Gasteiger partial charge in [0.1, 0.15) is 0 Å². The third-order valence-electron chi connectivity index (χ3n) is 3.06. The van der Waals surface area contributed by atoms with Crippen LogP contribution >= 0.6 is 11.3 Å². The fourth-order valence-electron chi connectivity index (χ4n) is 2.03. The topological polar surface area (TPSA) is 72.4 Å². The summed E-state index contributed by atoms with van der Waals surface area (Å²) >= 11 is 1.69. The maximum atomic E-state index is 10.8. The number of benzene rings is 1. The summed E-state index contributed by atoms with van der Waals surface area (Å²) in [4.78, 5) is 13.7. The molecule has 0 unspecified atom stereocenters. The first-order chi connectivity index (χ1) is 9.49. The summed E-state index contributed by atoms with van der Waals surface area (Å²) in [6.07, 6.45) is 0. The quantitative estimate of drug-likeness (QED) is 0.518. The summed E-state index contributed by atoms with van der Waals surface area (Å²) in [5.41, 5.74) is 7.27. The lowest BCUT2D eigenvalue weighted by Gasteiger charge is -2.29. The lowest BCUT2D eigenvalue weighted by atomic mass is 10.2. The molecule has 1 aromatic carbocycles. The lowest BCUT2D eigenvalue weighted by molar-refractivity contribution is -0.384. The van der Waals surface area contributed by atoms with Crippen molar-refractivity contribution >= 4 is 28.4 Å². The molecule has 0 amide bonds. The number of rotatable bonds is 5. The Labute approximate surface area is 121 Å². The predicted molar refractivity (Wildman–Crippen MR) is 83.1 cm³/mol. The van der Waals surface area contributed by atoms with E-state index < -0.39 is 4.92 Å². The number of nitrogens with zero attached hydrogens (tertiary/aromatic N) is 2. The van der Waals surface area contributed by atoms with Crippen LogP contribution in [0.3, 0.4) is 0 Å². The van der Waals surface area contributed by atoms with Crippen molar-refractivity contribution in [2.24, 2.45) is 0 Å². The summed E-state index contributed by atoms with van der Waals surface area (Å²) in [5.74, 6) is 0.